The third-order valence-corrected chi connectivity index (χ3v) is 2.77. The van der Waals surface area contributed by atoms with Crippen LogP contribution in [-0.2, 0) is 16.1 Å². The number of aromatic nitrogens is 1. The van der Waals surface area contributed by atoms with E-state index in [4.69, 9.17) is 26.3 Å². The molecule has 2 aromatic rings. The highest BCUT2D eigenvalue weighted by atomic mass is 35.5. The molecule has 0 bridgehead atoms. The fourth-order valence-electron chi connectivity index (χ4n) is 1.52. The summed E-state index contributed by atoms with van der Waals surface area (Å²) in [6.45, 7) is -0.175. The fraction of sp³-hybridized carbons (Fsp3) is 0.133. The molecule has 6 heteroatoms. The predicted molar refractivity (Wildman–Crippen MR) is 75.7 cm³/mol. The van der Waals surface area contributed by atoms with E-state index in [1.54, 1.807) is 36.4 Å². The molecule has 0 unspecified atom stereocenters. The van der Waals surface area contributed by atoms with Crippen LogP contribution in [-0.4, -0.2) is 17.6 Å². The van der Waals surface area contributed by atoms with Crippen LogP contribution in [0.4, 0.5) is 0 Å². The molecule has 106 valence electrons. The highest BCUT2D eigenvalue weighted by Gasteiger charge is 2.07. The monoisotopic (exact) mass is 302 g/mol. The zero-order valence-corrected chi connectivity index (χ0v) is 11.7. The lowest BCUT2D eigenvalue weighted by atomic mass is 10.2. The SMILES string of the molecule is N#Cc1ccccc1OCC(=O)OCc1ccc(Cl)nc1. The molecule has 0 radical (unpaired) electrons. The maximum atomic E-state index is 11.6. The number of ether oxygens (including phenoxy) is 2. The Labute approximate surface area is 126 Å². The number of carbonyl (C=O) groups is 1. The normalized spacial score (nSPS) is 9.71. The molecule has 0 aliphatic carbocycles. The van der Waals surface area contributed by atoms with Crippen LogP contribution in [0, 0.1) is 11.3 Å². The zero-order chi connectivity index (χ0) is 15.1. The van der Waals surface area contributed by atoms with Gasteiger partial charge in [0.05, 0.1) is 5.56 Å². The summed E-state index contributed by atoms with van der Waals surface area (Å²) in [4.78, 5) is 15.5. The number of halogens is 1. The standard InChI is InChI=1S/C15H11ClN2O3/c16-14-6-5-11(8-18-14)9-21-15(19)10-20-13-4-2-1-3-12(13)7-17/h1-6,8H,9-10H2. The molecule has 2 rings (SSSR count). The minimum absolute atomic E-state index is 0.0895. The van der Waals surface area contributed by atoms with Crippen molar-refractivity contribution < 1.29 is 14.3 Å². The van der Waals surface area contributed by atoms with Gasteiger partial charge in [-0.05, 0) is 18.2 Å². The minimum atomic E-state index is -0.530. The molecule has 0 atom stereocenters. The molecule has 0 aliphatic rings. The topological polar surface area (TPSA) is 72.2 Å². The van der Waals surface area contributed by atoms with Crippen LogP contribution in [0.25, 0.3) is 0 Å². The first kappa shape index (κ1) is 14.8. The summed E-state index contributed by atoms with van der Waals surface area (Å²) in [5, 5.41) is 9.27. The highest BCUT2D eigenvalue weighted by Crippen LogP contribution is 2.16. The number of carbonyl (C=O) groups excluding carboxylic acids is 1. The second kappa shape index (κ2) is 7.27. The molecule has 0 fully saturated rings. The smallest absolute Gasteiger partial charge is 0.344 e. The van der Waals surface area contributed by atoms with Crippen LogP contribution in [0.15, 0.2) is 42.6 Å². The zero-order valence-electron chi connectivity index (χ0n) is 11.0. The van der Waals surface area contributed by atoms with E-state index in [1.807, 2.05) is 6.07 Å². The van der Waals surface area contributed by atoms with Crippen LogP contribution in [0.5, 0.6) is 5.75 Å². The summed E-state index contributed by atoms with van der Waals surface area (Å²) in [5.41, 5.74) is 1.09. The van der Waals surface area contributed by atoms with Gasteiger partial charge in [0.15, 0.2) is 6.61 Å². The molecule has 0 amide bonds. The number of benzene rings is 1. The number of rotatable bonds is 5. The summed E-state index contributed by atoms with van der Waals surface area (Å²) in [5.74, 6) is -0.178. The van der Waals surface area contributed by atoms with Gasteiger partial charge in [0.1, 0.15) is 23.6 Å². The lowest BCUT2D eigenvalue weighted by molar-refractivity contribution is -0.147. The van der Waals surface area contributed by atoms with E-state index in [1.165, 1.54) is 6.20 Å². The lowest BCUT2D eigenvalue weighted by Crippen LogP contribution is -2.15. The number of para-hydroxylation sites is 1. The number of pyridine rings is 1. The Bertz CT molecular complexity index is 665. The lowest BCUT2D eigenvalue weighted by Gasteiger charge is -2.08. The molecule has 1 aromatic heterocycles. The van der Waals surface area contributed by atoms with Gasteiger partial charge < -0.3 is 9.47 Å². The summed E-state index contributed by atoms with van der Waals surface area (Å²) < 4.78 is 10.3. The van der Waals surface area contributed by atoms with E-state index in [-0.39, 0.29) is 13.2 Å². The molecule has 0 N–H and O–H groups in total. The molecule has 0 saturated carbocycles. The van der Waals surface area contributed by atoms with E-state index in [2.05, 4.69) is 4.98 Å². The summed E-state index contributed by atoms with van der Waals surface area (Å²) in [7, 11) is 0. The average Bonchev–Trinajstić information content (AvgIpc) is 2.52. The van der Waals surface area contributed by atoms with Crippen LogP contribution < -0.4 is 4.74 Å². The van der Waals surface area contributed by atoms with Crippen molar-refractivity contribution in [2.75, 3.05) is 6.61 Å². The quantitative estimate of drug-likeness (QED) is 0.627. The second-order valence-electron chi connectivity index (χ2n) is 4.05. The van der Waals surface area contributed by atoms with Crippen LogP contribution in [0.1, 0.15) is 11.1 Å². The highest BCUT2D eigenvalue weighted by molar-refractivity contribution is 6.29. The van der Waals surface area contributed by atoms with Crippen molar-refractivity contribution in [3.63, 3.8) is 0 Å². The molecule has 21 heavy (non-hydrogen) atoms. The van der Waals surface area contributed by atoms with E-state index in [0.717, 1.165) is 5.56 Å². The maximum Gasteiger partial charge on any atom is 0.344 e. The number of hydrogen-bond acceptors (Lipinski definition) is 5. The Balaban J connectivity index is 1.82. The molecule has 1 aromatic carbocycles. The molecule has 0 aliphatic heterocycles. The molecule has 5 nitrogen and oxygen atoms in total. The first-order valence-electron chi connectivity index (χ1n) is 6.07. The molecule has 0 spiro atoms. The Morgan fingerprint density at radius 3 is 2.81 bits per heavy atom. The van der Waals surface area contributed by atoms with E-state index < -0.39 is 5.97 Å². The molecular weight excluding hydrogens is 292 g/mol. The third-order valence-electron chi connectivity index (χ3n) is 2.54. The van der Waals surface area contributed by atoms with Crippen molar-refractivity contribution in [1.82, 2.24) is 4.98 Å². The third kappa shape index (κ3) is 4.48. The Morgan fingerprint density at radius 1 is 1.29 bits per heavy atom. The van der Waals surface area contributed by atoms with Gasteiger partial charge in [0.25, 0.3) is 0 Å². The number of esters is 1. The molecular formula is C15H11ClN2O3. The Hall–Kier alpha value is -2.58. The van der Waals surface area contributed by atoms with Crippen molar-refractivity contribution in [3.05, 3.63) is 58.9 Å². The maximum absolute atomic E-state index is 11.6. The average molecular weight is 303 g/mol. The number of hydrogen-bond donors (Lipinski definition) is 0. The summed E-state index contributed by atoms with van der Waals surface area (Å²) >= 11 is 5.66. The second-order valence-corrected chi connectivity index (χ2v) is 4.43. The van der Waals surface area contributed by atoms with Gasteiger partial charge in [0.2, 0.25) is 0 Å². The van der Waals surface area contributed by atoms with Crippen molar-refractivity contribution in [2.45, 2.75) is 6.61 Å². The first-order valence-corrected chi connectivity index (χ1v) is 6.45. The number of nitriles is 1. The van der Waals surface area contributed by atoms with Gasteiger partial charge in [0, 0.05) is 11.8 Å². The Kier molecular flexibility index (Phi) is 5.13. The predicted octanol–water partition coefficient (Wildman–Crippen LogP) is 2.73. The fourth-order valence-corrected chi connectivity index (χ4v) is 1.63. The minimum Gasteiger partial charge on any atom is -0.481 e. The Morgan fingerprint density at radius 2 is 2.10 bits per heavy atom. The molecule has 1 heterocycles. The summed E-state index contributed by atoms with van der Waals surface area (Å²) in [6.07, 6.45) is 1.53. The van der Waals surface area contributed by atoms with E-state index >= 15 is 0 Å². The number of nitrogens with zero attached hydrogens (tertiary/aromatic N) is 2. The van der Waals surface area contributed by atoms with Gasteiger partial charge in [-0.15, -0.1) is 0 Å². The van der Waals surface area contributed by atoms with Gasteiger partial charge in [-0.3, -0.25) is 0 Å². The van der Waals surface area contributed by atoms with Crippen LogP contribution in [0.3, 0.4) is 0 Å². The van der Waals surface area contributed by atoms with Crippen molar-refractivity contribution in [2.24, 2.45) is 0 Å². The van der Waals surface area contributed by atoms with Gasteiger partial charge >= 0.3 is 5.97 Å². The summed E-state index contributed by atoms with van der Waals surface area (Å²) in [6, 6.07) is 12.0. The van der Waals surface area contributed by atoms with Crippen LogP contribution in [0.2, 0.25) is 5.15 Å². The van der Waals surface area contributed by atoms with Crippen molar-refractivity contribution >= 4 is 17.6 Å². The van der Waals surface area contributed by atoms with E-state index in [9.17, 15) is 4.79 Å². The van der Waals surface area contributed by atoms with Crippen LogP contribution >= 0.6 is 11.6 Å². The largest absolute Gasteiger partial charge is 0.481 e. The first-order chi connectivity index (χ1) is 10.2. The van der Waals surface area contributed by atoms with Crippen molar-refractivity contribution in [3.8, 4) is 11.8 Å². The van der Waals surface area contributed by atoms with Gasteiger partial charge in [-0.2, -0.15) is 5.26 Å². The molecule has 0 saturated heterocycles. The van der Waals surface area contributed by atoms with Gasteiger partial charge in [-0.25, -0.2) is 9.78 Å². The van der Waals surface area contributed by atoms with E-state index in [0.29, 0.717) is 16.5 Å². The van der Waals surface area contributed by atoms with Crippen molar-refractivity contribution in [1.29, 1.82) is 5.26 Å². The van der Waals surface area contributed by atoms with Gasteiger partial charge in [-0.1, -0.05) is 29.8 Å².